The molecule has 1 N–H and O–H groups in total. The molecule has 0 radical (unpaired) electrons. The first-order chi connectivity index (χ1) is 14.5. The van der Waals surface area contributed by atoms with E-state index in [1.165, 1.54) is 16.7 Å². The number of halogens is 1. The highest BCUT2D eigenvalue weighted by Gasteiger charge is 2.11. The van der Waals surface area contributed by atoms with Crippen molar-refractivity contribution in [1.29, 1.82) is 0 Å². The van der Waals surface area contributed by atoms with Gasteiger partial charge >= 0.3 is 0 Å². The quantitative estimate of drug-likeness (QED) is 0.420. The van der Waals surface area contributed by atoms with Crippen molar-refractivity contribution in [2.45, 2.75) is 27.0 Å². The molecule has 0 unspecified atom stereocenters. The van der Waals surface area contributed by atoms with Crippen molar-refractivity contribution in [3.63, 3.8) is 0 Å². The smallest absolute Gasteiger partial charge is 0.261 e. The molecule has 2 heterocycles. The zero-order valence-electron chi connectivity index (χ0n) is 16.8. The Balaban J connectivity index is 1.30. The second-order valence-electron chi connectivity index (χ2n) is 7.08. The second-order valence-corrected chi connectivity index (χ2v) is 8.37. The molecule has 0 aliphatic heterocycles. The van der Waals surface area contributed by atoms with Crippen molar-refractivity contribution < 1.29 is 9.53 Å². The van der Waals surface area contributed by atoms with Gasteiger partial charge in [-0.25, -0.2) is 0 Å². The standard InChI is InChI=1S/C23H22ClN3O2S/c1-15-22(24)16(2)27(26-15)10-9-25-23(28)21-11-17(14-30-21)13-29-20-8-7-18-5-3-4-6-19(18)12-20/h3-8,11-12,14H,9-10,13H2,1-2H3,(H,25,28). The molecule has 2 aromatic carbocycles. The zero-order valence-corrected chi connectivity index (χ0v) is 18.4. The Morgan fingerprint density at radius 3 is 2.73 bits per heavy atom. The number of thiophene rings is 1. The summed E-state index contributed by atoms with van der Waals surface area (Å²) in [6, 6.07) is 16.1. The van der Waals surface area contributed by atoms with Crippen molar-refractivity contribution >= 4 is 39.6 Å². The highest BCUT2D eigenvalue weighted by molar-refractivity contribution is 7.12. The molecule has 0 fully saturated rings. The number of aromatic nitrogens is 2. The Morgan fingerprint density at radius 2 is 1.97 bits per heavy atom. The number of carbonyl (C=O) groups excluding carboxylic acids is 1. The predicted octanol–water partition coefficient (Wildman–Crippen LogP) is 5.38. The average Bonchev–Trinajstić information content (AvgIpc) is 3.33. The van der Waals surface area contributed by atoms with Crippen LogP contribution in [-0.4, -0.2) is 22.2 Å². The number of nitrogens with zero attached hydrogens (tertiary/aromatic N) is 2. The molecule has 1 amide bonds. The van der Waals surface area contributed by atoms with E-state index in [2.05, 4.69) is 22.5 Å². The fourth-order valence-corrected chi connectivity index (χ4v) is 4.20. The van der Waals surface area contributed by atoms with Gasteiger partial charge in [0.25, 0.3) is 5.91 Å². The molecule has 4 rings (SSSR count). The van der Waals surface area contributed by atoms with Crippen LogP contribution in [0.1, 0.15) is 26.6 Å². The second kappa shape index (κ2) is 8.90. The van der Waals surface area contributed by atoms with Gasteiger partial charge in [-0.1, -0.05) is 41.9 Å². The van der Waals surface area contributed by atoms with E-state index in [1.54, 1.807) is 0 Å². The van der Waals surface area contributed by atoms with E-state index < -0.39 is 0 Å². The van der Waals surface area contributed by atoms with Gasteiger partial charge in [0, 0.05) is 12.1 Å². The number of amides is 1. The first kappa shape index (κ1) is 20.4. The molecule has 7 heteroatoms. The first-order valence-electron chi connectivity index (χ1n) is 9.68. The van der Waals surface area contributed by atoms with Gasteiger partial charge in [-0.2, -0.15) is 5.10 Å². The molecule has 0 aliphatic rings. The van der Waals surface area contributed by atoms with E-state index >= 15 is 0 Å². The molecule has 30 heavy (non-hydrogen) atoms. The largest absolute Gasteiger partial charge is 0.489 e. The summed E-state index contributed by atoms with van der Waals surface area (Å²) in [6.45, 7) is 5.28. The van der Waals surface area contributed by atoms with Crippen LogP contribution in [0, 0.1) is 13.8 Å². The monoisotopic (exact) mass is 439 g/mol. The van der Waals surface area contributed by atoms with Gasteiger partial charge in [-0.3, -0.25) is 9.48 Å². The highest BCUT2D eigenvalue weighted by Crippen LogP contribution is 2.23. The van der Waals surface area contributed by atoms with Crippen LogP contribution in [0.5, 0.6) is 5.75 Å². The molecular formula is C23H22ClN3O2S. The third kappa shape index (κ3) is 4.50. The average molecular weight is 440 g/mol. The molecule has 154 valence electrons. The number of benzene rings is 2. The lowest BCUT2D eigenvalue weighted by Gasteiger charge is -2.06. The normalized spacial score (nSPS) is 11.0. The molecule has 4 aromatic rings. The molecule has 0 saturated heterocycles. The Kier molecular flexibility index (Phi) is 6.06. The minimum Gasteiger partial charge on any atom is -0.489 e. The van der Waals surface area contributed by atoms with Crippen LogP contribution in [-0.2, 0) is 13.2 Å². The lowest BCUT2D eigenvalue weighted by Crippen LogP contribution is -2.27. The van der Waals surface area contributed by atoms with Crippen LogP contribution < -0.4 is 10.1 Å². The molecule has 0 aliphatic carbocycles. The summed E-state index contributed by atoms with van der Waals surface area (Å²) in [4.78, 5) is 13.1. The molecule has 2 aromatic heterocycles. The van der Waals surface area contributed by atoms with Crippen molar-refractivity contribution in [1.82, 2.24) is 15.1 Å². The summed E-state index contributed by atoms with van der Waals surface area (Å²) >= 11 is 7.58. The van der Waals surface area contributed by atoms with E-state index in [9.17, 15) is 4.79 Å². The minimum atomic E-state index is -0.0930. The molecule has 0 atom stereocenters. The number of carbonyl (C=O) groups is 1. The summed E-state index contributed by atoms with van der Waals surface area (Å²) in [7, 11) is 0. The molecule has 5 nitrogen and oxygen atoms in total. The predicted molar refractivity (Wildman–Crippen MR) is 122 cm³/mol. The maximum atomic E-state index is 12.4. The van der Waals surface area contributed by atoms with Crippen molar-refractivity contribution in [2.75, 3.05) is 6.54 Å². The lowest BCUT2D eigenvalue weighted by molar-refractivity contribution is 0.0956. The highest BCUT2D eigenvalue weighted by atomic mass is 35.5. The Bertz CT molecular complexity index is 1200. The first-order valence-corrected chi connectivity index (χ1v) is 10.9. The maximum Gasteiger partial charge on any atom is 0.261 e. The van der Waals surface area contributed by atoms with Gasteiger partial charge in [-0.05, 0) is 48.2 Å². The third-order valence-electron chi connectivity index (χ3n) is 4.91. The zero-order chi connectivity index (χ0) is 21.1. The molecular weight excluding hydrogens is 418 g/mol. The Morgan fingerprint density at radius 1 is 1.17 bits per heavy atom. The van der Waals surface area contributed by atoms with Crippen molar-refractivity contribution in [3.8, 4) is 5.75 Å². The number of hydrogen-bond donors (Lipinski definition) is 1. The van der Waals surface area contributed by atoms with Crippen LogP contribution in [0.25, 0.3) is 10.8 Å². The third-order valence-corrected chi connectivity index (χ3v) is 6.43. The van der Waals surface area contributed by atoms with Gasteiger partial charge in [0.2, 0.25) is 0 Å². The topological polar surface area (TPSA) is 56.2 Å². The van der Waals surface area contributed by atoms with Gasteiger partial charge in [-0.15, -0.1) is 11.3 Å². The summed E-state index contributed by atoms with van der Waals surface area (Å²) in [5, 5.41) is 12.3. The summed E-state index contributed by atoms with van der Waals surface area (Å²) < 4.78 is 7.72. The fourth-order valence-electron chi connectivity index (χ4n) is 3.25. The Labute approximate surface area is 184 Å². The van der Waals surface area contributed by atoms with Gasteiger partial charge in [0.1, 0.15) is 12.4 Å². The SMILES string of the molecule is Cc1nn(CCNC(=O)c2cc(COc3ccc4ccccc4c3)cs2)c(C)c1Cl. The molecule has 0 bridgehead atoms. The number of nitrogens with one attached hydrogen (secondary N) is 1. The van der Waals surface area contributed by atoms with Gasteiger partial charge in [0.05, 0.1) is 27.8 Å². The van der Waals surface area contributed by atoms with E-state index in [0.717, 1.165) is 28.1 Å². The Hall–Kier alpha value is -2.83. The van der Waals surface area contributed by atoms with Crippen molar-refractivity contribution in [3.05, 3.63) is 80.8 Å². The van der Waals surface area contributed by atoms with Crippen LogP contribution in [0.15, 0.2) is 53.9 Å². The number of rotatable bonds is 7. The van der Waals surface area contributed by atoms with Crippen LogP contribution >= 0.6 is 22.9 Å². The lowest BCUT2D eigenvalue weighted by atomic mass is 10.1. The molecule has 0 saturated carbocycles. The van der Waals surface area contributed by atoms with Crippen LogP contribution in [0.2, 0.25) is 5.02 Å². The number of ether oxygens (including phenoxy) is 1. The number of fused-ring (bicyclic) bond motifs is 1. The van der Waals surface area contributed by atoms with E-state index in [4.69, 9.17) is 16.3 Å². The number of aryl methyl sites for hydroxylation is 1. The van der Waals surface area contributed by atoms with E-state index in [1.807, 2.05) is 60.3 Å². The maximum absolute atomic E-state index is 12.4. The van der Waals surface area contributed by atoms with Crippen LogP contribution in [0.3, 0.4) is 0 Å². The number of hydrogen-bond acceptors (Lipinski definition) is 4. The van der Waals surface area contributed by atoms with Crippen LogP contribution in [0.4, 0.5) is 0 Å². The summed E-state index contributed by atoms with van der Waals surface area (Å²) in [6.07, 6.45) is 0. The summed E-state index contributed by atoms with van der Waals surface area (Å²) in [5.74, 6) is 0.721. The van der Waals surface area contributed by atoms with E-state index in [0.29, 0.717) is 29.6 Å². The minimum absolute atomic E-state index is 0.0930. The summed E-state index contributed by atoms with van der Waals surface area (Å²) in [5.41, 5.74) is 2.69. The fraction of sp³-hybridized carbons (Fsp3) is 0.217. The van der Waals surface area contributed by atoms with Crippen molar-refractivity contribution in [2.24, 2.45) is 0 Å². The molecule has 0 spiro atoms. The van der Waals surface area contributed by atoms with E-state index in [-0.39, 0.29) is 5.91 Å². The van der Waals surface area contributed by atoms with Gasteiger partial charge < -0.3 is 10.1 Å². The van der Waals surface area contributed by atoms with Gasteiger partial charge in [0.15, 0.2) is 0 Å².